The van der Waals surface area contributed by atoms with Crippen LogP contribution in [-0.2, 0) is 21.9 Å². The molecule has 0 aliphatic carbocycles. The molecule has 0 fully saturated rings. The van der Waals surface area contributed by atoms with Gasteiger partial charge in [0.1, 0.15) is 12.4 Å². The van der Waals surface area contributed by atoms with Gasteiger partial charge in [0.05, 0.1) is 6.61 Å². The summed E-state index contributed by atoms with van der Waals surface area (Å²) in [5, 5.41) is 0. The monoisotopic (exact) mass is 290 g/mol. The van der Waals surface area contributed by atoms with Crippen molar-refractivity contribution in [3.63, 3.8) is 0 Å². The zero-order chi connectivity index (χ0) is 14.2. The van der Waals surface area contributed by atoms with E-state index in [0.717, 1.165) is 16.9 Å². The van der Waals surface area contributed by atoms with E-state index in [1.54, 1.807) is 0 Å². The van der Waals surface area contributed by atoms with Gasteiger partial charge in [-0.15, -0.1) is 0 Å². The molecule has 0 saturated carbocycles. The van der Waals surface area contributed by atoms with E-state index < -0.39 is 8.03 Å². The van der Waals surface area contributed by atoms with E-state index in [-0.39, 0.29) is 0 Å². The Bertz CT molecular complexity index is 537. The zero-order valence-corrected chi connectivity index (χ0v) is 12.5. The molecule has 0 aliphatic rings. The summed E-state index contributed by atoms with van der Waals surface area (Å²) in [7, 11) is -1.95. The van der Waals surface area contributed by atoms with Crippen molar-refractivity contribution in [1.29, 1.82) is 0 Å². The predicted octanol–water partition coefficient (Wildman–Crippen LogP) is 4.28. The van der Waals surface area contributed by atoms with E-state index in [9.17, 15) is 4.57 Å². The first-order valence-corrected chi connectivity index (χ1v) is 8.21. The molecule has 0 aromatic heterocycles. The van der Waals surface area contributed by atoms with Gasteiger partial charge in [-0.2, -0.15) is 0 Å². The average Bonchev–Trinajstić information content (AvgIpc) is 2.48. The smallest absolute Gasteiger partial charge is 0.195 e. The minimum atomic E-state index is -1.95. The predicted molar refractivity (Wildman–Crippen MR) is 81.5 cm³/mol. The fourth-order valence-corrected chi connectivity index (χ4v) is 2.82. The first kappa shape index (κ1) is 14.8. The highest BCUT2D eigenvalue weighted by Gasteiger charge is 2.02. The van der Waals surface area contributed by atoms with E-state index in [2.05, 4.69) is 0 Å². The summed E-state index contributed by atoms with van der Waals surface area (Å²) in [6.45, 7) is 2.90. The second-order valence-corrected chi connectivity index (χ2v) is 5.79. The number of benzene rings is 2. The van der Waals surface area contributed by atoms with Crippen LogP contribution in [0.4, 0.5) is 0 Å². The number of hydrogen-bond donors (Lipinski definition) is 0. The lowest BCUT2D eigenvalue weighted by Crippen LogP contribution is -1.95. The van der Waals surface area contributed by atoms with Gasteiger partial charge in [-0.3, -0.25) is 4.57 Å². The van der Waals surface area contributed by atoms with Crippen molar-refractivity contribution in [3.8, 4) is 5.75 Å². The summed E-state index contributed by atoms with van der Waals surface area (Å²) in [5.74, 6) is 0.814. The molecule has 0 spiro atoms. The van der Waals surface area contributed by atoms with Crippen LogP contribution in [-0.4, -0.2) is 6.61 Å². The second-order valence-electron chi connectivity index (χ2n) is 4.40. The van der Waals surface area contributed by atoms with E-state index in [1.165, 1.54) is 0 Å². The van der Waals surface area contributed by atoms with Gasteiger partial charge in [0.15, 0.2) is 8.03 Å². The minimum absolute atomic E-state index is 0.484. The third-order valence-electron chi connectivity index (χ3n) is 2.83. The Labute approximate surface area is 120 Å². The SMILES string of the molecule is CCO[PH](=O)Cc1ccc(OCc2ccccc2)cc1. The highest BCUT2D eigenvalue weighted by molar-refractivity contribution is 7.38. The van der Waals surface area contributed by atoms with Gasteiger partial charge in [0, 0.05) is 6.16 Å². The Kier molecular flexibility index (Phi) is 5.85. The topological polar surface area (TPSA) is 35.5 Å². The molecule has 0 radical (unpaired) electrons. The highest BCUT2D eigenvalue weighted by Crippen LogP contribution is 2.28. The van der Waals surface area contributed by atoms with Crippen LogP contribution in [0.5, 0.6) is 5.75 Å². The van der Waals surface area contributed by atoms with Crippen molar-refractivity contribution < 1.29 is 13.8 Å². The van der Waals surface area contributed by atoms with Gasteiger partial charge in [-0.25, -0.2) is 0 Å². The van der Waals surface area contributed by atoms with E-state index in [1.807, 2.05) is 61.5 Å². The molecule has 0 amide bonds. The molecule has 1 unspecified atom stereocenters. The average molecular weight is 290 g/mol. The molecule has 3 nitrogen and oxygen atoms in total. The van der Waals surface area contributed by atoms with Gasteiger partial charge in [-0.05, 0) is 30.2 Å². The Morgan fingerprint density at radius 2 is 1.65 bits per heavy atom. The Hall–Kier alpha value is -1.57. The molecule has 2 aromatic carbocycles. The van der Waals surface area contributed by atoms with Crippen molar-refractivity contribution in [1.82, 2.24) is 0 Å². The third kappa shape index (κ3) is 4.84. The summed E-state index contributed by atoms with van der Waals surface area (Å²) >= 11 is 0. The lowest BCUT2D eigenvalue weighted by molar-refractivity contribution is 0.306. The lowest BCUT2D eigenvalue weighted by atomic mass is 10.2. The molecule has 20 heavy (non-hydrogen) atoms. The quantitative estimate of drug-likeness (QED) is 0.714. The van der Waals surface area contributed by atoms with Crippen LogP contribution >= 0.6 is 8.03 Å². The summed E-state index contributed by atoms with van der Waals surface area (Å²) in [4.78, 5) is 0. The van der Waals surface area contributed by atoms with Crippen LogP contribution in [0.15, 0.2) is 54.6 Å². The van der Waals surface area contributed by atoms with Crippen molar-refractivity contribution in [2.75, 3.05) is 6.61 Å². The normalized spacial score (nSPS) is 12.1. The fraction of sp³-hybridized carbons (Fsp3) is 0.250. The molecule has 4 heteroatoms. The van der Waals surface area contributed by atoms with Gasteiger partial charge in [0.25, 0.3) is 0 Å². The van der Waals surface area contributed by atoms with Crippen LogP contribution in [0.3, 0.4) is 0 Å². The maximum absolute atomic E-state index is 11.5. The first-order chi connectivity index (χ1) is 9.78. The molecule has 0 N–H and O–H groups in total. The molecule has 2 rings (SSSR count). The summed E-state index contributed by atoms with van der Waals surface area (Å²) < 4.78 is 22.3. The standard InChI is InChI=1S/C16H19O3P/c1-2-19-20(17)13-15-8-10-16(11-9-15)18-12-14-6-4-3-5-7-14/h3-11,20H,2,12-13H2,1H3. The minimum Gasteiger partial charge on any atom is -0.489 e. The zero-order valence-electron chi connectivity index (χ0n) is 11.5. The fourth-order valence-electron chi connectivity index (χ4n) is 1.82. The van der Waals surface area contributed by atoms with Crippen LogP contribution in [0.25, 0.3) is 0 Å². The third-order valence-corrected chi connectivity index (χ3v) is 4.13. The number of hydrogen-bond acceptors (Lipinski definition) is 3. The lowest BCUT2D eigenvalue weighted by Gasteiger charge is -2.07. The molecule has 0 saturated heterocycles. The van der Waals surface area contributed by atoms with Crippen molar-refractivity contribution >= 4 is 8.03 Å². The van der Waals surface area contributed by atoms with E-state index in [0.29, 0.717) is 19.4 Å². The summed E-state index contributed by atoms with van der Waals surface area (Å²) in [5.41, 5.74) is 2.15. The molecular formula is C16H19O3P. The Morgan fingerprint density at radius 3 is 2.30 bits per heavy atom. The molecular weight excluding hydrogens is 271 g/mol. The van der Waals surface area contributed by atoms with Crippen LogP contribution in [0, 0.1) is 0 Å². The van der Waals surface area contributed by atoms with Crippen molar-refractivity contribution in [3.05, 3.63) is 65.7 Å². The summed E-state index contributed by atoms with van der Waals surface area (Å²) in [6.07, 6.45) is 0.484. The molecule has 0 bridgehead atoms. The Balaban J connectivity index is 1.87. The number of rotatable bonds is 7. The first-order valence-electron chi connectivity index (χ1n) is 6.69. The maximum atomic E-state index is 11.5. The highest BCUT2D eigenvalue weighted by atomic mass is 31.1. The number of ether oxygens (including phenoxy) is 1. The van der Waals surface area contributed by atoms with Crippen LogP contribution in [0.1, 0.15) is 18.1 Å². The van der Waals surface area contributed by atoms with Gasteiger partial charge in [0.2, 0.25) is 0 Å². The van der Waals surface area contributed by atoms with E-state index >= 15 is 0 Å². The van der Waals surface area contributed by atoms with Gasteiger partial charge >= 0.3 is 0 Å². The molecule has 0 aliphatic heterocycles. The van der Waals surface area contributed by atoms with Gasteiger partial charge < -0.3 is 9.26 Å². The van der Waals surface area contributed by atoms with Gasteiger partial charge in [-0.1, -0.05) is 42.5 Å². The van der Waals surface area contributed by atoms with Crippen LogP contribution in [0.2, 0.25) is 0 Å². The van der Waals surface area contributed by atoms with Crippen LogP contribution < -0.4 is 4.74 Å². The molecule has 2 aromatic rings. The second kappa shape index (κ2) is 7.88. The summed E-state index contributed by atoms with van der Waals surface area (Å²) in [6, 6.07) is 17.7. The van der Waals surface area contributed by atoms with E-state index in [4.69, 9.17) is 9.26 Å². The molecule has 0 heterocycles. The van der Waals surface area contributed by atoms with Crippen molar-refractivity contribution in [2.24, 2.45) is 0 Å². The molecule has 1 atom stereocenters. The maximum Gasteiger partial charge on any atom is 0.195 e. The largest absolute Gasteiger partial charge is 0.489 e. The van der Waals surface area contributed by atoms with Crippen molar-refractivity contribution in [2.45, 2.75) is 19.7 Å². The molecule has 106 valence electrons. The Morgan fingerprint density at radius 1 is 0.950 bits per heavy atom.